The summed E-state index contributed by atoms with van der Waals surface area (Å²) in [4.78, 5) is 26.3. The summed E-state index contributed by atoms with van der Waals surface area (Å²) in [6, 6.07) is 3.85. The zero-order valence-corrected chi connectivity index (χ0v) is 13.2. The van der Waals surface area contributed by atoms with Gasteiger partial charge in [0.05, 0.1) is 19.1 Å². The lowest BCUT2D eigenvalue weighted by Gasteiger charge is -2.06. The zero-order valence-electron chi connectivity index (χ0n) is 11.6. The zero-order chi connectivity index (χ0) is 14.8. The molecule has 1 aliphatic rings. The third kappa shape index (κ3) is 2.87. The van der Waals surface area contributed by atoms with E-state index in [0.717, 1.165) is 29.7 Å². The molecule has 2 aromatic rings. The van der Waals surface area contributed by atoms with E-state index in [2.05, 4.69) is 5.32 Å². The number of anilines is 1. The minimum absolute atomic E-state index is 0.0949. The van der Waals surface area contributed by atoms with Crippen molar-refractivity contribution in [2.45, 2.75) is 25.7 Å². The fourth-order valence-electron chi connectivity index (χ4n) is 2.55. The van der Waals surface area contributed by atoms with Crippen LogP contribution in [0.5, 0.6) is 0 Å². The van der Waals surface area contributed by atoms with Crippen molar-refractivity contribution in [3.05, 3.63) is 38.4 Å². The summed E-state index contributed by atoms with van der Waals surface area (Å²) in [6.45, 7) is 0. The highest BCUT2D eigenvalue weighted by atomic mass is 32.1. The molecule has 1 amide bonds. The number of fused-ring (bicyclic) bond motifs is 1. The van der Waals surface area contributed by atoms with Crippen LogP contribution in [0, 0.1) is 0 Å². The van der Waals surface area contributed by atoms with E-state index in [1.54, 1.807) is 11.3 Å². The number of carbonyl (C=O) groups excluding carboxylic acids is 2. The van der Waals surface area contributed by atoms with Crippen molar-refractivity contribution in [1.82, 2.24) is 0 Å². The van der Waals surface area contributed by atoms with Gasteiger partial charge in [-0.1, -0.05) is 6.07 Å². The van der Waals surface area contributed by atoms with Crippen LogP contribution >= 0.6 is 22.7 Å². The average Bonchev–Trinajstić information content (AvgIpc) is 3.14. The van der Waals surface area contributed by atoms with Crippen molar-refractivity contribution in [2.24, 2.45) is 0 Å². The van der Waals surface area contributed by atoms with Crippen LogP contribution in [0.2, 0.25) is 0 Å². The molecule has 0 bridgehead atoms. The number of carbonyl (C=O) groups is 2. The Morgan fingerprint density at radius 1 is 1.38 bits per heavy atom. The number of amides is 1. The van der Waals surface area contributed by atoms with Crippen molar-refractivity contribution in [1.29, 1.82) is 0 Å². The van der Waals surface area contributed by atoms with Gasteiger partial charge in [0.25, 0.3) is 0 Å². The fraction of sp³-hybridized carbons (Fsp3) is 0.333. The van der Waals surface area contributed by atoms with Crippen molar-refractivity contribution < 1.29 is 14.3 Å². The Morgan fingerprint density at radius 2 is 2.24 bits per heavy atom. The number of methoxy groups -OCH3 is 1. The van der Waals surface area contributed by atoms with Crippen molar-refractivity contribution in [2.75, 3.05) is 12.4 Å². The molecule has 0 fully saturated rings. The number of esters is 1. The van der Waals surface area contributed by atoms with Gasteiger partial charge in [0.15, 0.2) is 0 Å². The van der Waals surface area contributed by atoms with Crippen LogP contribution in [-0.4, -0.2) is 19.0 Å². The third-order valence-electron chi connectivity index (χ3n) is 3.48. The summed E-state index contributed by atoms with van der Waals surface area (Å²) < 4.78 is 4.87. The van der Waals surface area contributed by atoms with Crippen LogP contribution in [0.1, 0.15) is 32.1 Å². The Balaban J connectivity index is 1.82. The quantitative estimate of drug-likeness (QED) is 0.879. The van der Waals surface area contributed by atoms with Crippen LogP contribution in [-0.2, 0) is 28.8 Å². The molecule has 1 aliphatic carbocycles. The highest BCUT2D eigenvalue weighted by Gasteiger charge is 2.27. The number of ether oxygens (including phenoxy) is 1. The van der Waals surface area contributed by atoms with Gasteiger partial charge in [-0.25, -0.2) is 4.79 Å². The maximum absolute atomic E-state index is 12.1. The fourth-order valence-corrected chi connectivity index (χ4v) is 4.55. The van der Waals surface area contributed by atoms with Crippen LogP contribution < -0.4 is 5.32 Å². The van der Waals surface area contributed by atoms with E-state index in [1.807, 2.05) is 17.5 Å². The first-order chi connectivity index (χ1) is 10.2. The molecule has 0 unspecified atom stereocenters. The third-order valence-corrected chi connectivity index (χ3v) is 5.56. The van der Waals surface area contributed by atoms with Gasteiger partial charge in [0.2, 0.25) is 5.91 Å². The molecule has 2 aromatic heterocycles. The molecule has 3 rings (SSSR count). The predicted molar refractivity (Wildman–Crippen MR) is 84.3 cm³/mol. The van der Waals surface area contributed by atoms with Crippen molar-refractivity contribution >= 4 is 39.6 Å². The predicted octanol–water partition coefficient (Wildman–Crippen LogP) is 3.27. The first kappa shape index (κ1) is 14.3. The monoisotopic (exact) mass is 321 g/mol. The van der Waals surface area contributed by atoms with E-state index >= 15 is 0 Å². The molecule has 4 nitrogen and oxygen atoms in total. The Kier molecular flexibility index (Phi) is 4.07. The molecule has 1 N–H and O–H groups in total. The first-order valence-corrected chi connectivity index (χ1v) is 8.43. The Hall–Kier alpha value is -1.66. The molecule has 0 saturated carbocycles. The van der Waals surface area contributed by atoms with E-state index in [1.165, 1.54) is 23.3 Å². The van der Waals surface area contributed by atoms with Crippen LogP contribution in [0.3, 0.4) is 0 Å². The van der Waals surface area contributed by atoms with Crippen LogP contribution in [0.25, 0.3) is 0 Å². The SMILES string of the molecule is COC(=O)c1c(NC(=O)Cc2cccs2)sc2c1CCC2. The first-order valence-electron chi connectivity index (χ1n) is 6.74. The largest absolute Gasteiger partial charge is 0.465 e. The van der Waals surface area contributed by atoms with Gasteiger partial charge in [-0.2, -0.15) is 0 Å². The summed E-state index contributed by atoms with van der Waals surface area (Å²) in [5, 5.41) is 5.46. The second-order valence-corrected chi connectivity index (χ2v) is 6.99. The maximum Gasteiger partial charge on any atom is 0.341 e. The normalized spacial score (nSPS) is 13.0. The minimum atomic E-state index is -0.360. The lowest BCUT2D eigenvalue weighted by molar-refractivity contribution is -0.115. The topological polar surface area (TPSA) is 55.4 Å². The number of nitrogens with one attached hydrogen (secondary N) is 1. The van der Waals surface area contributed by atoms with Gasteiger partial charge < -0.3 is 10.1 Å². The number of hydrogen-bond acceptors (Lipinski definition) is 5. The summed E-state index contributed by atoms with van der Waals surface area (Å²) in [6.07, 6.45) is 3.26. The van der Waals surface area contributed by atoms with Gasteiger partial charge in [0.1, 0.15) is 5.00 Å². The molecule has 0 saturated heterocycles. The van der Waals surface area contributed by atoms with Crippen molar-refractivity contribution in [3.8, 4) is 0 Å². The van der Waals surface area contributed by atoms with Gasteiger partial charge >= 0.3 is 5.97 Å². The van der Waals surface area contributed by atoms with Gasteiger partial charge in [-0.3, -0.25) is 4.79 Å². The van der Waals surface area contributed by atoms with Gasteiger partial charge in [0, 0.05) is 9.75 Å². The van der Waals surface area contributed by atoms with E-state index in [0.29, 0.717) is 17.0 Å². The number of thiophene rings is 2. The van der Waals surface area contributed by atoms with E-state index in [-0.39, 0.29) is 11.9 Å². The minimum Gasteiger partial charge on any atom is -0.465 e. The molecule has 110 valence electrons. The number of rotatable bonds is 4. The highest BCUT2D eigenvalue weighted by molar-refractivity contribution is 7.17. The maximum atomic E-state index is 12.1. The molecular formula is C15H15NO3S2. The molecule has 0 aromatic carbocycles. The molecule has 0 aliphatic heterocycles. The number of hydrogen-bond donors (Lipinski definition) is 1. The second kappa shape index (κ2) is 5.99. The smallest absolute Gasteiger partial charge is 0.341 e. The summed E-state index contributed by atoms with van der Waals surface area (Å²) in [7, 11) is 1.37. The molecule has 0 atom stereocenters. The number of aryl methyl sites for hydroxylation is 1. The summed E-state index contributed by atoms with van der Waals surface area (Å²) in [5.74, 6) is -0.455. The van der Waals surface area contributed by atoms with Crippen LogP contribution in [0.4, 0.5) is 5.00 Å². The Labute approximate surface area is 130 Å². The van der Waals surface area contributed by atoms with Gasteiger partial charge in [-0.05, 0) is 36.3 Å². The molecular weight excluding hydrogens is 306 g/mol. The lowest BCUT2D eigenvalue weighted by atomic mass is 10.1. The molecule has 21 heavy (non-hydrogen) atoms. The summed E-state index contributed by atoms with van der Waals surface area (Å²) in [5.41, 5.74) is 1.60. The molecule has 0 radical (unpaired) electrons. The molecule has 6 heteroatoms. The molecule has 2 heterocycles. The lowest BCUT2D eigenvalue weighted by Crippen LogP contribution is -2.16. The van der Waals surface area contributed by atoms with E-state index in [4.69, 9.17) is 4.74 Å². The summed E-state index contributed by atoms with van der Waals surface area (Å²) >= 11 is 3.06. The Morgan fingerprint density at radius 3 is 2.95 bits per heavy atom. The van der Waals surface area contributed by atoms with E-state index < -0.39 is 0 Å². The molecule has 0 spiro atoms. The average molecular weight is 321 g/mol. The second-order valence-electron chi connectivity index (χ2n) is 4.86. The van der Waals surface area contributed by atoms with Crippen molar-refractivity contribution in [3.63, 3.8) is 0 Å². The van der Waals surface area contributed by atoms with Crippen LogP contribution in [0.15, 0.2) is 17.5 Å². The highest BCUT2D eigenvalue weighted by Crippen LogP contribution is 2.39. The standard InChI is InChI=1S/C15H15NO3S2/c1-19-15(18)13-10-5-2-6-11(10)21-14(13)16-12(17)8-9-4-3-7-20-9/h3-4,7H,2,5-6,8H2,1H3,(H,16,17). The van der Waals surface area contributed by atoms with Gasteiger partial charge in [-0.15, -0.1) is 22.7 Å². The van der Waals surface area contributed by atoms with E-state index in [9.17, 15) is 9.59 Å². The Bertz CT molecular complexity index is 673.